The maximum Gasteiger partial charge on any atom is 0.140 e. The number of hydrogen-bond donors (Lipinski definition) is 1. The van der Waals surface area contributed by atoms with Gasteiger partial charge in [0.05, 0.1) is 19.2 Å². The first kappa shape index (κ1) is 13.1. The van der Waals surface area contributed by atoms with E-state index in [0.717, 1.165) is 18.9 Å². The first-order valence-electron chi connectivity index (χ1n) is 5.57. The van der Waals surface area contributed by atoms with E-state index in [1.54, 1.807) is 13.4 Å². The second-order valence-electron chi connectivity index (χ2n) is 5.01. The normalized spacial score (nSPS) is 14.1. The van der Waals surface area contributed by atoms with Crippen LogP contribution in [-0.4, -0.2) is 33.5 Å². The zero-order valence-electron chi connectivity index (χ0n) is 10.8. The van der Waals surface area contributed by atoms with Crippen LogP contribution in [0.25, 0.3) is 0 Å². The maximum absolute atomic E-state index is 5.21. The molecule has 0 spiro atoms. The first-order valence-corrected chi connectivity index (χ1v) is 5.57. The van der Waals surface area contributed by atoms with Gasteiger partial charge < -0.3 is 10.1 Å². The van der Waals surface area contributed by atoms with E-state index in [9.17, 15) is 0 Å². The highest BCUT2D eigenvalue weighted by Gasteiger charge is 2.12. The van der Waals surface area contributed by atoms with Crippen molar-refractivity contribution < 1.29 is 4.74 Å². The van der Waals surface area contributed by atoms with E-state index in [4.69, 9.17) is 4.74 Å². The topological polar surface area (TPSA) is 52.0 Å². The van der Waals surface area contributed by atoms with Crippen LogP contribution in [0.3, 0.4) is 0 Å². The molecule has 16 heavy (non-hydrogen) atoms. The van der Waals surface area contributed by atoms with E-state index < -0.39 is 0 Å². The third-order valence-electron chi connectivity index (χ3n) is 2.30. The SMILES string of the molecule is COC(C)Cn1ncnc1CNC(C)(C)C. The predicted octanol–water partition coefficient (Wildman–Crippen LogP) is 1.20. The largest absolute Gasteiger partial charge is 0.380 e. The van der Waals surface area contributed by atoms with Crippen molar-refractivity contribution in [3.8, 4) is 0 Å². The van der Waals surface area contributed by atoms with Crippen LogP contribution in [0.2, 0.25) is 0 Å². The van der Waals surface area contributed by atoms with Gasteiger partial charge in [-0.05, 0) is 27.7 Å². The zero-order valence-corrected chi connectivity index (χ0v) is 10.8. The predicted molar refractivity (Wildman–Crippen MR) is 63.1 cm³/mol. The Morgan fingerprint density at radius 2 is 2.19 bits per heavy atom. The van der Waals surface area contributed by atoms with E-state index >= 15 is 0 Å². The lowest BCUT2D eigenvalue weighted by Gasteiger charge is -2.20. The van der Waals surface area contributed by atoms with E-state index in [0.29, 0.717) is 0 Å². The molecule has 0 aromatic carbocycles. The maximum atomic E-state index is 5.21. The Bertz CT molecular complexity index is 316. The average Bonchev–Trinajstić information content (AvgIpc) is 2.61. The summed E-state index contributed by atoms with van der Waals surface area (Å²) >= 11 is 0. The molecule has 0 fully saturated rings. The van der Waals surface area contributed by atoms with E-state index in [1.807, 2.05) is 11.6 Å². The summed E-state index contributed by atoms with van der Waals surface area (Å²) in [6, 6.07) is 0. The minimum Gasteiger partial charge on any atom is -0.380 e. The Balaban J connectivity index is 2.57. The van der Waals surface area contributed by atoms with Crippen molar-refractivity contribution in [3.63, 3.8) is 0 Å². The van der Waals surface area contributed by atoms with Crippen LogP contribution < -0.4 is 5.32 Å². The van der Waals surface area contributed by atoms with E-state index in [2.05, 4.69) is 36.2 Å². The van der Waals surface area contributed by atoms with Gasteiger partial charge in [0.2, 0.25) is 0 Å². The minimum atomic E-state index is 0.0870. The van der Waals surface area contributed by atoms with Crippen LogP contribution in [0, 0.1) is 0 Å². The molecule has 0 radical (unpaired) electrons. The Kier molecular flexibility index (Phi) is 4.44. The highest BCUT2D eigenvalue weighted by atomic mass is 16.5. The van der Waals surface area contributed by atoms with Crippen molar-refractivity contribution in [2.75, 3.05) is 7.11 Å². The van der Waals surface area contributed by atoms with Gasteiger partial charge in [0.25, 0.3) is 0 Å². The molecule has 1 heterocycles. The smallest absolute Gasteiger partial charge is 0.140 e. The van der Waals surface area contributed by atoms with Crippen molar-refractivity contribution >= 4 is 0 Å². The van der Waals surface area contributed by atoms with Gasteiger partial charge in [0.1, 0.15) is 12.2 Å². The molecule has 0 amide bonds. The van der Waals surface area contributed by atoms with Crippen LogP contribution in [-0.2, 0) is 17.8 Å². The number of rotatable bonds is 5. The summed E-state index contributed by atoms with van der Waals surface area (Å²) < 4.78 is 7.10. The fraction of sp³-hybridized carbons (Fsp3) is 0.818. The molecule has 1 aromatic rings. The highest BCUT2D eigenvalue weighted by Crippen LogP contribution is 2.03. The van der Waals surface area contributed by atoms with Crippen LogP contribution in [0.15, 0.2) is 6.33 Å². The average molecular weight is 226 g/mol. The number of hydrogen-bond acceptors (Lipinski definition) is 4. The van der Waals surface area contributed by atoms with Crippen LogP contribution >= 0.6 is 0 Å². The molecule has 5 nitrogen and oxygen atoms in total. The Morgan fingerprint density at radius 3 is 2.75 bits per heavy atom. The van der Waals surface area contributed by atoms with Gasteiger partial charge in [0, 0.05) is 12.6 Å². The molecular formula is C11H22N4O. The summed E-state index contributed by atoms with van der Waals surface area (Å²) in [7, 11) is 1.70. The summed E-state index contributed by atoms with van der Waals surface area (Å²) in [5, 5.41) is 7.58. The monoisotopic (exact) mass is 226 g/mol. The lowest BCUT2D eigenvalue weighted by molar-refractivity contribution is 0.0986. The Morgan fingerprint density at radius 1 is 1.50 bits per heavy atom. The molecule has 0 bridgehead atoms. The number of nitrogens with zero attached hydrogens (tertiary/aromatic N) is 3. The minimum absolute atomic E-state index is 0.0870. The van der Waals surface area contributed by atoms with Crippen molar-refractivity contribution in [1.29, 1.82) is 0 Å². The molecular weight excluding hydrogens is 204 g/mol. The quantitative estimate of drug-likeness (QED) is 0.819. The first-order chi connectivity index (χ1) is 7.42. The van der Waals surface area contributed by atoms with Crippen LogP contribution in [0.1, 0.15) is 33.5 Å². The standard InChI is InChI=1S/C11H22N4O/c1-9(16-5)7-15-10(12-8-14-15)6-13-11(2,3)4/h8-9,13H,6-7H2,1-5H3. The fourth-order valence-corrected chi connectivity index (χ4v) is 1.24. The summed E-state index contributed by atoms with van der Waals surface area (Å²) in [6.45, 7) is 9.86. The third-order valence-corrected chi connectivity index (χ3v) is 2.30. The Hall–Kier alpha value is -0.940. The molecule has 0 aliphatic rings. The molecule has 0 saturated carbocycles. The number of aromatic nitrogens is 3. The second-order valence-corrected chi connectivity index (χ2v) is 5.01. The number of ether oxygens (including phenoxy) is 1. The Labute approximate surface area is 97.2 Å². The molecule has 1 atom stereocenters. The lowest BCUT2D eigenvalue weighted by atomic mass is 10.1. The molecule has 1 unspecified atom stereocenters. The lowest BCUT2D eigenvalue weighted by Crippen LogP contribution is -2.36. The van der Waals surface area contributed by atoms with Crippen molar-refractivity contribution in [2.45, 2.75) is 52.4 Å². The van der Waals surface area contributed by atoms with Crippen LogP contribution in [0.4, 0.5) is 0 Å². The summed E-state index contributed by atoms with van der Waals surface area (Å²) in [5.74, 6) is 0.943. The fourth-order valence-electron chi connectivity index (χ4n) is 1.24. The molecule has 1 rings (SSSR count). The van der Waals surface area contributed by atoms with Gasteiger partial charge in [-0.3, -0.25) is 0 Å². The molecule has 0 aliphatic heterocycles. The van der Waals surface area contributed by atoms with E-state index in [1.165, 1.54) is 0 Å². The summed E-state index contributed by atoms with van der Waals surface area (Å²) in [6.07, 6.45) is 1.73. The highest BCUT2D eigenvalue weighted by molar-refractivity contribution is 4.86. The number of methoxy groups -OCH3 is 1. The summed E-state index contributed by atoms with van der Waals surface area (Å²) in [4.78, 5) is 4.24. The molecule has 92 valence electrons. The van der Waals surface area contributed by atoms with Crippen molar-refractivity contribution in [1.82, 2.24) is 20.1 Å². The molecule has 1 N–H and O–H groups in total. The van der Waals surface area contributed by atoms with E-state index in [-0.39, 0.29) is 11.6 Å². The molecule has 1 aromatic heterocycles. The third kappa shape index (κ3) is 4.28. The zero-order chi connectivity index (χ0) is 12.2. The molecule has 0 aliphatic carbocycles. The van der Waals surface area contributed by atoms with Gasteiger partial charge in [-0.2, -0.15) is 5.10 Å². The van der Waals surface area contributed by atoms with Crippen molar-refractivity contribution in [3.05, 3.63) is 12.2 Å². The van der Waals surface area contributed by atoms with Crippen molar-refractivity contribution in [2.24, 2.45) is 0 Å². The summed E-state index contributed by atoms with van der Waals surface area (Å²) in [5.41, 5.74) is 0.0870. The van der Waals surface area contributed by atoms with Gasteiger partial charge >= 0.3 is 0 Å². The van der Waals surface area contributed by atoms with Crippen LogP contribution in [0.5, 0.6) is 0 Å². The molecule has 0 saturated heterocycles. The molecule has 5 heteroatoms. The van der Waals surface area contributed by atoms with Gasteiger partial charge in [0.15, 0.2) is 0 Å². The van der Waals surface area contributed by atoms with Gasteiger partial charge in [-0.1, -0.05) is 0 Å². The second kappa shape index (κ2) is 5.41. The van der Waals surface area contributed by atoms with Gasteiger partial charge in [-0.25, -0.2) is 9.67 Å². The van der Waals surface area contributed by atoms with Gasteiger partial charge in [-0.15, -0.1) is 0 Å². The number of nitrogens with one attached hydrogen (secondary N) is 1.